The van der Waals surface area contributed by atoms with Gasteiger partial charge in [-0.3, -0.25) is 0 Å². The Morgan fingerprint density at radius 3 is 1.62 bits per heavy atom. The monoisotopic (exact) mass is 250 g/mol. The van der Waals surface area contributed by atoms with Crippen molar-refractivity contribution in [3.05, 3.63) is 47.5 Å². The van der Waals surface area contributed by atoms with Gasteiger partial charge in [0.25, 0.3) is 0 Å². The molecular formula is C14H12Cl2. The van der Waals surface area contributed by atoms with Gasteiger partial charge in [-0.05, 0) is 23.0 Å². The Labute approximate surface area is 105 Å². The molecule has 1 aromatic rings. The molecule has 1 aromatic carbocycles. The average Bonchev–Trinajstić information content (AvgIpc) is 2.37. The predicted molar refractivity (Wildman–Crippen MR) is 67.3 cm³/mol. The molecule has 1 saturated carbocycles. The number of halogens is 2. The standard InChI is InChI=1S/C14H12Cl2/c15-13-11-9-5-6-10(12(11)14(13)16)8-4-2-1-3-7(8)9/h1-6,9-14H/t9-,10-,11+,12+,13-,14+/m0/s1. The van der Waals surface area contributed by atoms with E-state index in [1.807, 2.05) is 0 Å². The van der Waals surface area contributed by atoms with E-state index in [4.69, 9.17) is 23.2 Å². The molecule has 1 fully saturated rings. The summed E-state index contributed by atoms with van der Waals surface area (Å²) in [6, 6.07) is 8.75. The minimum Gasteiger partial charge on any atom is -0.121 e. The lowest BCUT2D eigenvalue weighted by atomic mass is 9.51. The van der Waals surface area contributed by atoms with Crippen LogP contribution < -0.4 is 0 Å². The first-order valence-corrected chi connectivity index (χ1v) is 6.71. The van der Waals surface area contributed by atoms with Crippen LogP contribution in [0.15, 0.2) is 36.4 Å². The Morgan fingerprint density at radius 2 is 1.19 bits per heavy atom. The van der Waals surface area contributed by atoms with Gasteiger partial charge in [-0.15, -0.1) is 23.2 Å². The fourth-order valence-corrected chi connectivity index (χ4v) is 4.80. The number of hydrogen-bond acceptors (Lipinski definition) is 0. The second-order valence-electron chi connectivity index (χ2n) is 5.11. The lowest BCUT2D eigenvalue weighted by molar-refractivity contribution is 0.129. The maximum Gasteiger partial charge on any atom is 0.0543 e. The molecular weight excluding hydrogens is 239 g/mol. The van der Waals surface area contributed by atoms with Gasteiger partial charge in [-0.1, -0.05) is 36.4 Å². The van der Waals surface area contributed by atoms with Crippen molar-refractivity contribution in [2.24, 2.45) is 11.8 Å². The van der Waals surface area contributed by atoms with Crippen LogP contribution in [0, 0.1) is 11.8 Å². The molecule has 4 aliphatic carbocycles. The Bertz CT molecular complexity index is 436. The highest BCUT2D eigenvalue weighted by atomic mass is 35.5. The van der Waals surface area contributed by atoms with Crippen molar-refractivity contribution in [3.8, 4) is 0 Å². The van der Waals surface area contributed by atoms with E-state index in [1.54, 1.807) is 0 Å². The maximum atomic E-state index is 6.37. The van der Waals surface area contributed by atoms with Crippen LogP contribution in [0.3, 0.4) is 0 Å². The van der Waals surface area contributed by atoms with Crippen LogP contribution in [0.2, 0.25) is 0 Å². The van der Waals surface area contributed by atoms with E-state index in [1.165, 1.54) is 11.1 Å². The SMILES string of the molecule is Cl[C@@H]1[C@H](Cl)[C@H]2[C@H]1[C@H]1C=C[C@H]2c2ccccc21. The third-order valence-corrected chi connectivity index (χ3v) is 5.81. The van der Waals surface area contributed by atoms with Crippen LogP contribution in [-0.4, -0.2) is 10.8 Å². The summed E-state index contributed by atoms with van der Waals surface area (Å²) >= 11 is 12.7. The summed E-state index contributed by atoms with van der Waals surface area (Å²) in [5, 5.41) is 0.301. The number of benzene rings is 1. The highest BCUT2D eigenvalue weighted by Crippen LogP contribution is 2.63. The molecule has 0 nitrogen and oxygen atoms in total. The van der Waals surface area contributed by atoms with Gasteiger partial charge in [0.15, 0.2) is 0 Å². The molecule has 16 heavy (non-hydrogen) atoms. The highest BCUT2D eigenvalue weighted by molar-refractivity contribution is 6.31. The molecule has 0 N–H and O–H groups in total. The van der Waals surface area contributed by atoms with Gasteiger partial charge >= 0.3 is 0 Å². The number of hydrogen-bond donors (Lipinski definition) is 0. The van der Waals surface area contributed by atoms with Gasteiger partial charge in [-0.2, -0.15) is 0 Å². The molecule has 2 bridgehead atoms. The van der Waals surface area contributed by atoms with E-state index < -0.39 is 0 Å². The van der Waals surface area contributed by atoms with E-state index in [2.05, 4.69) is 36.4 Å². The van der Waals surface area contributed by atoms with E-state index in [0.717, 1.165) is 0 Å². The summed E-state index contributed by atoms with van der Waals surface area (Å²) in [6.07, 6.45) is 4.68. The topological polar surface area (TPSA) is 0 Å². The van der Waals surface area contributed by atoms with Crippen LogP contribution in [0.5, 0.6) is 0 Å². The fraction of sp³-hybridized carbons (Fsp3) is 0.429. The minimum atomic E-state index is 0.150. The Morgan fingerprint density at radius 1 is 0.750 bits per heavy atom. The Kier molecular flexibility index (Phi) is 1.82. The van der Waals surface area contributed by atoms with Crippen molar-refractivity contribution in [2.75, 3.05) is 0 Å². The highest BCUT2D eigenvalue weighted by Gasteiger charge is 2.59. The largest absolute Gasteiger partial charge is 0.121 e. The third kappa shape index (κ3) is 0.942. The number of allylic oxidation sites excluding steroid dienone is 2. The number of rotatable bonds is 0. The molecule has 0 amide bonds. The van der Waals surface area contributed by atoms with E-state index in [-0.39, 0.29) is 10.8 Å². The van der Waals surface area contributed by atoms with E-state index in [9.17, 15) is 0 Å². The van der Waals surface area contributed by atoms with Crippen molar-refractivity contribution in [1.29, 1.82) is 0 Å². The van der Waals surface area contributed by atoms with E-state index >= 15 is 0 Å². The van der Waals surface area contributed by atoms with E-state index in [0.29, 0.717) is 23.7 Å². The molecule has 0 aliphatic heterocycles. The van der Waals surface area contributed by atoms with Crippen LogP contribution in [0.1, 0.15) is 23.0 Å². The van der Waals surface area contributed by atoms with Crippen molar-refractivity contribution >= 4 is 23.2 Å². The zero-order valence-electron chi connectivity index (χ0n) is 8.68. The molecule has 0 saturated heterocycles. The Balaban J connectivity index is 1.90. The van der Waals surface area contributed by atoms with Gasteiger partial charge in [0, 0.05) is 11.8 Å². The molecule has 6 atom stereocenters. The summed E-state index contributed by atoms with van der Waals surface area (Å²) in [4.78, 5) is 0. The third-order valence-electron chi connectivity index (χ3n) is 4.55. The Hall–Kier alpha value is -0.460. The van der Waals surface area contributed by atoms with Gasteiger partial charge in [-0.25, -0.2) is 0 Å². The molecule has 2 heteroatoms. The van der Waals surface area contributed by atoms with Gasteiger partial charge in [0.1, 0.15) is 0 Å². The fourth-order valence-electron chi connectivity index (χ4n) is 3.81. The lowest BCUT2D eigenvalue weighted by Gasteiger charge is -2.58. The predicted octanol–water partition coefficient (Wildman–Crippen LogP) is 3.90. The number of alkyl halides is 2. The maximum absolute atomic E-state index is 6.37. The molecule has 5 rings (SSSR count). The summed E-state index contributed by atoms with van der Waals surface area (Å²) in [7, 11) is 0. The average molecular weight is 251 g/mol. The zero-order chi connectivity index (χ0) is 10.9. The van der Waals surface area contributed by atoms with Gasteiger partial charge < -0.3 is 0 Å². The van der Waals surface area contributed by atoms with Gasteiger partial charge in [0.2, 0.25) is 0 Å². The van der Waals surface area contributed by atoms with Crippen molar-refractivity contribution < 1.29 is 0 Å². The summed E-state index contributed by atoms with van der Waals surface area (Å²) in [5.41, 5.74) is 2.95. The summed E-state index contributed by atoms with van der Waals surface area (Å²) in [5.74, 6) is 2.13. The minimum absolute atomic E-state index is 0.150. The molecule has 4 aliphatic rings. The van der Waals surface area contributed by atoms with Crippen LogP contribution in [0.25, 0.3) is 0 Å². The zero-order valence-corrected chi connectivity index (χ0v) is 10.2. The first-order valence-electron chi connectivity index (χ1n) is 5.84. The second kappa shape index (κ2) is 3.05. The van der Waals surface area contributed by atoms with Crippen LogP contribution >= 0.6 is 23.2 Å². The van der Waals surface area contributed by atoms with Crippen molar-refractivity contribution in [2.45, 2.75) is 22.6 Å². The molecule has 0 heterocycles. The van der Waals surface area contributed by atoms with Crippen LogP contribution in [-0.2, 0) is 0 Å². The first kappa shape index (κ1) is 9.56. The summed E-state index contributed by atoms with van der Waals surface area (Å²) in [6.45, 7) is 0. The molecule has 0 aromatic heterocycles. The molecule has 0 unspecified atom stereocenters. The van der Waals surface area contributed by atoms with Crippen molar-refractivity contribution in [3.63, 3.8) is 0 Å². The summed E-state index contributed by atoms with van der Waals surface area (Å²) < 4.78 is 0. The van der Waals surface area contributed by atoms with Crippen LogP contribution in [0.4, 0.5) is 0 Å². The normalized spacial score (nSPS) is 47.1. The first-order chi connectivity index (χ1) is 7.79. The van der Waals surface area contributed by atoms with Gasteiger partial charge in [0.05, 0.1) is 10.8 Å². The smallest absolute Gasteiger partial charge is 0.0543 e. The lowest BCUT2D eigenvalue weighted by Crippen LogP contribution is -2.57. The second-order valence-corrected chi connectivity index (χ2v) is 6.12. The van der Waals surface area contributed by atoms with Crippen molar-refractivity contribution in [1.82, 2.24) is 0 Å². The molecule has 0 spiro atoms. The quantitative estimate of drug-likeness (QED) is 0.484. The molecule has 82 valence electrons. The molecule has 0 radical (unpaired) electrons.